The van der Waals surface area contributed by atoms with Crippen molar-refractivity contribution < 1.29 is 14.3 Å². The van der Waals surface area contributed by atoms with Gasteiger partial charge in [-0.05, 0) is 80.8 Å². The number of carbonyl (C=O) groups is 1. The van der Waals surface area contributed by atoms with Crippen molar-refractivity contribution in [3.63, 3.8) is 0 Å². The maximum atomic E-state index is 13.1. The zero-order chi connectivity index (χ0) is 23.5. The van der Waals surface area contributed by atoms with E-state index in [9.17, 15) is 4.79 Å². The van der Waals surface area contributed by atoms with Crippen LogP contribution in [0.1, 0.15) is 41.6 Å². The average Bonchev–Trinajstić information content (AvgIpc) is 3.04. The van der Waals surface area contributed by atoms with E-state index in [1.165, 1.54) is 12.8 Å². The molecule has 1 unspecified atom stereocenters. The van der Waals surface area contributed by atoms with Crippen molar-refractivity contribution in [2.75, 3.05) is 14.1 Å². The van der Waals surface area contributed by atoms with Crippen LogP contribution in [0.4, 0.5) is 0 Å². The Bertz CT molecular complexity index is 1120. The Morgan fingerprint density at radius 2 is 1.56 bits per heavy atom. The molecule has 2 fully saturated rings. The van der Waals surface area contributed by atoms with Crippen LogP contribution in [0.3, 0.4) is 0 Å². The summed E-state index contributed by atoms with van der Waals surface area (Å²) in [5.74, 6) is 2.24. The van der Waals surface area contributed by atoms with E-state index >= 15 is 0 Å². The van der Waals surface area contributed by atoms with Crippen LogP contribution in [0.25, 0.3) is 0 Å². The maximum Gasteiger partial charge on any atom is 0.254 e. The normalized spacial score (nSPS) is 21.8. The number of rotatable bonds is 7. The summed E-state index contributed by atoms with van der Waals surface area (Å²) in [7, 11) is 4.07. The maximum absolute atomic E-state index is 13.1. The fraction of sp³-hybridized carbons (Fsp3) is 0.345. The lowest BCUT2D eigenvalue weighted by molar-refractivity contribution is 0.0659. The molecule has 0 radical (unpaired) electrons. The van der Waals surface area contributed by atoms with Gasteiger partial charge in [0.05, 0.1) is 0 Å². The van der Waals surface area contributed by atoms with E-state index in [-0.39, 0.29) is 12.0 Å². The quantitative estimate of drug-likeness (QED) is 0.454. The van der Waals surface area contributed by atoms with Crippen LogP contribution in [0, 0.1) is 0 Å². The first kappa shape index (κ1) is 22.5. The molecule has 2 heterocycles. The SMILES string of the molecule is CN(Cc1cccc(OC2C[C@H]3CC[C@@H](C2)N3C)c1)C(=O)c1cccc(Oc2ccccc2)c1. The lowest BCUT2D eigenvalue weighted by Gasteiger charge is -2.36. The van der Waals surface area contributed by atoms with Crippen LogP contribution in [0.2, 0.25) is 0 Å². The van der Waals surface area contributed by atoms with Crippen molar-refractivity contribution in [1.82, 2.24) is 9.80 Å². The summed E-state index contributed by atoms with van der Waals surface area (Å²) >= 11 is 0. The highest BCUT2D eigenvalue weighted by Crippen LogP contribution is 2.36. The minimum Gasteiger partial charge on any atom is -0.490 e. The van der Waals surface area contributed by atoms with Gasteiger partial charge in [-0.25, -0.2) is 0 Å². The number of hydrogen-bond acceptors (Lipinski definition) is 4. The Morgan fingerprint density at radius 1 is 0.882 bits per heavy atom. The van der Waals surface area contributed by atoms with Gasteiger partial charge in [0.1, 0.15) is 23.4 Å². The Balaban J connectivity index is 1.21. The molecule has 0 N–H and O–H groups in total. The van der Waals surface area contributed by atoms with Crippen LogP contribution >= 0.6 is 0 Å². The molecule has 0 aromatic heterocycles. The third kappa shape index (κ3) is 5.10. The topological polar surface area (TPSA) is 42.0 Å². The summed E-state index contributed by atoms with van der Waals surface area (Å²) in [6.45, 7) is 0.512. The van der Waals surface area contributed by atoms with Crippen LogP contribution in [-0.4, -0.2) is 48.0 Å². The molecule has 0 saturated carbocycles. The van der Waals surface area contributed by atoms with E-state index in [0.29, 0.717) is 29.9 Å². The second-order valence-electron chi connectivity index (χ2n) is 9.51. The number of para-hydroxylation sites is 1. The first-order chi connectivity index (χ1) is 16.5. The van der Waals surface area contributed by atoms with Crippen molar-refractivity contribution in [2.45, 2.75) is 50.4 Å². The number of amides is 1. The standard InChI is InChI=1S/C29H32N2O3/c1-30(29(32)22-9-7-13-27(17-22)33-25-10-4-3-5-11-25)20-21-8-6-12-26(16-21)34-28-18-23-14-15-24(19-28)31(23)2/h3-13,16-17,23-24,28H,14-15,18-20H2,1-2H3/t23-,24+,28?. The molecule has 0 spiro atoms. The van der Waals surface area contributed by atoms with Crippen LogP contribution in [-0.2, 0) is 6.54 Å². The fourth-order valence-electron chi connectivity index (χ4n) is 5.25. The highest BCUT2D eigenvalue weighted by Gasteiger charge is 2.39. The number of fused-ring (bicyclic) bond motifs is 2. The molecule has 34 heavy (non-hydrogen) atoms. The molecule has 0 aliphatic carbocycles. The smallest absolute Gasteiger partial charge is 0.254 e. The van der Waals surface area contributed by atoms with Crippen molar-refractivity contribution in [1.29, 1.82) is 0 Å². The third-order valence-electron chi connectivity index (χ3n) is 7.08. The third-order valence-corrected chi connectivity index (χ3v) is 7.08. The van der Waals surface area contributed by atoms with E-state index in [1.807, 2.05) is 73.8 Å². The molecule has 5 heteroatoms. The number of benzene rings is 3. The van der Waals surface area contributed by atoms with E-state index in [2.05, 4.69) is 18.0 Å². The van der Waals surface area contributed by atoms with Crippen LogP contribution < -0.4 is 9.47 Å². The second kappa shape index (κ2) is 9.90. The van der Waals surface area contributed by atoms with E-state index in [0.717, 1.165) is 29.9 Å². The van der Waals surface area contributed by atoms with Crippen molar-refractivity contribution in [2.24, 2.45) is 0 Å². The van der Waals surface area contributed by atoms with Gasteiger partial charge in [-0.1, -0.05) is 36.4 Å². The van der Waals surface area contributed by atoms with Crippen molar-refractivity contribution in [3.8, 4) is 17.2 Å². The highest BCUT2D eigenvalue weighted by molar-refractivity contribution is 5.94. The molecule has 176 valence electrons. The number of piperidine rings is 1. The minimum atomic E-state index is -0.0447. The Labute approximate surface area is 201 Å². The average molecular weight is 457 g/mol. The molecular formula is C29H32N2O3. The molecule has 2 aliphatic rings. The molecule has 5 rings (SSSR count). The second-order valence-corrected chi connectivity index (χ2v) is 9.51. The largest absolute Gasteiger partial charge is 0.490 e. The van der Waals surface area contributed by atoms with Gasteiger partial charge < -0.3 is 19.3 Å². The Hall–Kier alpha value is -3.31. The van der Waals surface area contributed by atoms with E-state index in [1.54, 1.807) is 11.0 Å². The van der Waals surface area contributed by atoms with Gasteiger partial charge >= 0.3 is 0 Å². The Kier molecular flexibility index (Phi) is 6.54. The van der Waals surface area contributed by atoms with E-state index in [4.69, 9.17) is 9.47 Å². The monoisotopic (exact) mass is 456 g/mol. The van der Waals surface area contributed by atoms with Crippen molar-refractivity contribution >= 4 is 5.91 Å². The first-order valence-corrected chi connectivity index (χ1v) is 12.1. The van der Waals surface area contributed by atoms with Gasteiger partial charge in [-0.15, -0.1) is 0 Å². The lowest BCUT2D eigenvalue weighted by Crippen LogP contribution is -2.43. The van der Waals surface area contributed by atoms with Gasteiger partial charge in [-0.2, -0.15) is 0 Å². The minimum absolute atomic E-state index is 0.0447. The number of carbonyl (C=O) groups excluding carboxylic acids is 1. The molecule has 5 nitrogen and oxygen atoms in total. The van der Waals surface area contributed by atoms with Gasteiger partial charge in [-0.3, -0.25) is 4.79 Å². The van der Waals surface area contributed by atoms with Crippen molar-refractivity contribution in [3.05, 3.63) is 90.0 Å². The predicted molar refractivity (Wildman–Crippen MR) is 133 cm³/mol. The number of ether oxygens (including phenoxy) is 2. The van der Waals surface area contributed by atoms with Gasteiger partial charge in [0.2, 0.25) is 0 Å². The molecule has 3 atom stereocenters. The van der Waals surface area contributed by atoms with Gasteiger partial charge in [0.15, 0.2) is 0 Å². The number of nitrogens with zero attached hydrogens (tertiary/aromatic N) is 2. The zero-order valence-corrected chi connectivity index (χ0v) is 19.9. The summed E-state index contributed by atoms with van der Waals surface area (Å²) in [5.41, 5.74) is 1.66. The molecule has 2 bridgehead atoms. The number of hydrogen-bond donors (Lipinski definition) is 0. The molecule has 1 amide bonds. The summed E-state index contributed by atoms with van der Waals surface area (Å²) < 4.78 is 12.3. The van der Waals surface area contributed by atoms with Crippen LogP contribution in [0.5, 0.6) is 17.2 Å². The van der Waals surface area contributed by atoms with Crippen LogP contribution in [0.15, 0.2) is 78.9 Å². The predicted octanol–water partition coefficient (Wildman–Crippen LogP) is 5.76. The Morgan fingerprint density at radius 3 is 2.32 bits per heavy atom. The first-order valence-electron chi connectivity index (χ1n) is 12.1. The van der Waals surface area contributed by atoms with Gasteiger partial charge in [0.25, 0.3) is 5.91 Å². The zero-order valence-electron chi connectivity index (χ0n) is 19.9. The molecule has 2 saturated heterocycles. The van der Waals surface area contributed by atoms with Gasteiger partial charge in [0, 0.05) is 31.2 Å². The summed E-state index contributed by atoms with van der Waals surface area (Å²) in [6, 6.07) is 26.4. The summed E-state index contributed by atoms with van der Waals surface area (Å²) in [4.78, 5) is 17.4. The molecule has 2 aliphatic heterocycles. The summed E-state index contributed by atoms with van der Waals surface area (Å²) in [5, 5.41) is 0. The molecule has 3 aromatic rings. The molecular weight excluding hydrogens is 424 g/mol. The van der Waals surface area contributed by atoms with E-state index < -0.39 is 0 Å². The fourth-order valence-corrected chi connectivity index (χ4v) is 5.25. The molecule has 3 aromatic carbocycles. The highest BCUT2D eigenvalue weighted by atomic mass is 16.5. The lowest BCUT2D eigenvalue weighted by atomic mass is 10.0. The summed E-state index contributed by atoms with van der Waals surface area (Å²) in [6.07, 6.45) is 5.03.